The summed E-state index contributed by atoms with van der Waals surface area (Å²) in [4.78, 5) is 0. The zero-order valence-electron chi connectivity index (χ0n) is 10.1. The van der Waals surface area contributed by atoms with Gasteiger partial charge in [0.2, 0.25) is 0 Å². The quantitative estimate of drug-likeness (QED) is 0.679. The third-order valence-corrected chi connectivity index (χ3v) is 4.38. The number of nitrogens with one attached hydrogen (secondary N) is 1. The first kappa shape index (κ1) is 14.9. The first-order valence-electron chi connectivity index (χ1n) is 5.42. The van der Waals surface area contributed by atoms with Crippen molar-refractivity contribution in [3.05, 3.63) is 0 Å². The third kappa shape index (κ3) is 6.87. The summed E-state index contributed by atoms with van der Waals surface area (Å²) in [6.45, 7) is 9.15. The minimum absolute atomic E-state index is 0.196. The molecule has 15 heavy (non-hydrogen) atoms. The molecule has 4 nitrogen and oxygen atoms in total. The highest BCUT2D eigenvalue weighted by Gasteiger charge is 2.15. The fraction of sp³-hybridized carbons (Fsp3) is 1.00. The number of ether oxygens (including phenoxy) is 1. The van der Waals surface area contributed by atoms with Crippen molar-refractivity contribution in [2.75, 3.05) is 25.5 Å². The average molecular weight is 237 g/mol. The van der Waals surface area contributed by atoms with Crippen molar-refractivity contribution < 1.29 is 13.2 Å². The van der Waals surface area contributed by atoms with E-state index in [9.17, 15) is 8.42 Å². The molecular weight excluding hydrogens is 214 g/mol. The Balaban J connectivity index is 3.70. The van der Waals surface area contributed by atoms with Crippen LogP contribution < -0.4 is 5.32 Å². The van der Waals surface area contributed by atoms with Crippen LogP contribution in [0.3, 0.4) is 0 Å². The van der Waals surface area contributed by atoms with Crippen LogP contribution in [0.2, 0.25) is 0 Å². The van der Waals surface area contributed by atoms with E-state index in [-0.39, 0.29) is 17.0 Å². The van der Waals surface area contributed by atoms with E-state index in [4.69, 9.17) is 4.74 Å². The molecule has 0 aromatic rings. The summed E-state index contributed by atoms with van der Waals surface area (Å²) < 4.78 is 28.1. The molecule has 0 radical (unpaired) electrons. The van der Waals surface area contributed by atoms with Gasteiger partial charge in [-0.3, -0.25) is 0 Å². The van der Waals surface area contributed by atoms with E-state index in [1.807, 2.05) is 13.8 Å². The van der Waals surface area contributed by atoms with Gasteiger partial charge in [-0.1, -0.05) is 0 Å². The zero-order valence-corrected chi connectivity index (χ0v) is 10.9. The molecule has 1 N–H and O–H groups in total. The Morgan fingerprint density at radius 3 is 2.33 bits per heavy atom. The van der Waals surface area contributed by atoms with Crippen LogP contribution in [0.15, 0.2) is 0 Å². The van der Waals surface area contributed by atoms with Gasteiger partial charge >= 0.3 is 0 Å². The van der Waals surface area contributed by atoms with Crippen molar-refractivity contribution in [3.63, 3.8) is 0 Å². The summed E-state index contributed by atoms with van der Waals surface area (Å²) in [5, 5.41) is 2.83. The van der Waals surface area contributed by atoms with Crippen molar-refractivity contribution in [2.24, 2.45) is 0 Å². The predicted octanol–water partition coefficient (Wildman–Crippen LogP) is 0.824. The summed E-state index contributed by atoms with van der Waals surface area (Å²) >= 11 is 0. The highest BCUT2D eigenvalue weighted by molar-refractivity contribution is 7.92. The Labute approximate surface area is 93.3 Å². The Hall–Kier alpha value is -0.130. The Kier molecular flexibility index (Phi) is 7.13. The highest BCUT2D eigenvalue weighted by Crippen LogP contribution is 1.99. The summed E-state index contributed by atoms with van der Waals surface area (Å²) in [6, 6.07) is 0.201. The molecule has 0 spiro atoms. The van der Waals surface area contributed by atoms with Gasteiger partial charge in [0, 0.05) is 19.2 Å². The summed E-state index contributed by atoms with van der Waals surface area (Å²) in [5.41, 5.74) is 0. The molecule has 92 valence electrons. The van der Waals surface area contributed by atoms with Gasteiger partial charge in [-0.15, -0.1) is 0 Å². The first-order valence-corrected chi connectivity index (χ1v) is 7.14. The molecule has 0 amide bonds. The number of rotatable bonds is 8. The Bertz CT molecular complexity index is 249. The van der Waals surface area contributed by atoms with Crippen molar-refractivity contribution in [3.8, 4) is 0 Å². The van der Waals surface area contributed by atoms with E-state index in [0.29, 0.717) is 19.8 Å². The van der Waals surface area contributed by atoms with E-state index >= 15 is 0 Å². The zero-order chi connectivity index (χ0) is 11.9. The molecule has 1 atom stereocenters. The smallest absolute Gasteiger partial charge is 0.153 e. The van der Waals surface area contributed by atoms with E-state index < -0.39 is 9.84 Å². The molecule has 0 bridgehead atoms. The third-order valence-electron chi connectivity index (χ3n) is 2.17. The lowest BCUT2D eigenvalue weighted by Crippen LogP contribution is -2.35. The maximum atomic E-state index is 11.5. The van der Waals surface area contributed by atoms with E-state index in [2.05, 4.69) is 5.32 Å². The number of hydrogen-bond donors (Lipinski definition) is 1. The molecule has 0 aliphatic carbocycles. The minimum Gasteiger partial charge on any atom is -0.380 e. The molecule has 0 saturated heterocycles. The van der Waals surface area contributed by atoms with Crippen LogP contribution in [-0.2, 0) is 14.6 Å². The summed E-state index contributed by atoms with van der Waals surface area (Å²) in [6.07, 6.45) is 0. The first-order chi connectivity index (χ1) is 6.90. The number of hydrogen-bond acceptors (Lipinski definition) is 4. The SMILES string of the molecule is CCOCC(C)NCCS(=O)(=O)C(C)C. The lowest BCUT2D eigenvalue weighted by Gasteiger charge is -2.14. The molecule has 0 heterocycles. The van der Waals surface area contributed by atoms with Crippen LogP contribution >= 0.6 is 0 Å². The standard InChI is InChI=1S/C10H23NO3S/c1-5-14-8-10(4)11-6-7-15(12,13)9(2)3/h9-11H,5-8H2,1-4H3. The summed E-state index contributed by atoms with van der Waals surface area (Å²) in [7, 11) is -2.92. The molecule has 0 saturated carbocycles. The van der Waals surface area contributed by atoms with Crippen LogP contribution in [0, 0.1) is 0 Å². The maximum absolute atomic E-state index is 11.5. The van der Waals surface area contributed by atoms with Crippen molar-refractivity contribution in [2.45, 2.75) is 39.0 Å². The molecule has 0 aliphatic heterocycles. The largest absolute Gasteiger partial charge is 0.380 e. The molecule has 0 aromatic carbocycles. The molecule has 0 fully saturated rings. The predicted molar refractivity (Wildman–Crippen MR) is 62.9 cm³/mol. The normalized spacial score (nSPS) is 14.5. The summed E-state index contributed by atoms with van der Waals surface area (Å²) in [5.74, 6) is 0.196. The Morgan fingerprint density at radius 1 is 1.27 bits per heavy atom. The van der Waals surface area contributed by atoms with Gasteiger partial charge in [-0.25, -0.2) is 8.42 Å². The molecule has 0 rings (SSSR count). The fourth-order valence-electron chi connectivity index (χ4n) is 1.04. The lowest BCUT2D eigenvalue weighted by atomic mass is 10.3. The van der Waals surface area contributed by atoms with Crippen LogP contribution in [0.25, 0.3) is 0 Å². The van der Waals surface area contributed by atoms with Gasteiger partial charge in [-0.2, -0.15) is 0 Å². The minimum atomic E-state index is -2.92. The fourth-order valence-corrected chi connectivity index (χ4v) is 1.91. The van der Waals surface area contributed by atoms with Gasteiger partial charge in [0.1, 0.15) is 0 Å². The average Bonchev–Trinajstić information content (AvgIpc) is 2.14. The molecular formula is C10H23NO3S. The second-order valence-electron chi connectivity index (χ2n) is 3.93. The van der Waals surface area contributed by atoms with Crippen LogP contribution in [-0.4, -0.2) is 45.2 Å². The monoisotopic (exact) mass is 237 g/mol. The van der Waals surface area contributed by atoms with Gasteiger partial charge < -0.3 is 10.1 Å². The van der Waals surface area contributed by atoms with Gasteiger partial charge in [0.25, 0.3) is 0 Å². The van der Waals surface area contributed by atoms with Crippen LogP contribution in [0.4, 0.5) is 0 Å². The molecule has 1 unspecified atom stereocenters. The molecule has 5 heteroatoms. The lowest BCUT2D eigenvalue weighted by molar-refractivity contribution is 0.128. The van der Waals surface area contributed by atoms with E-state index in [0.717, 1.165) is 0 Å². The second-order valence-corrected chi connectivity index (χ2v) is 6.61. The van der Waals surface area contributed by atoms with E-state index in [1.165, 1.54) is 0 Å². The second kappa shape index (κ2) is 7.19. The van der Waals surface area contributed by atoms with Crippen molar-refractivity contribution >= 4 is 9.84 Å². The maximum Gasteiger partial charge on any atom is 0.153 e. The van der Waals surface area contributed by atoms with Crippen molar-refractivity contribution in [1.82, 2.24) is 5.32 Å². The van der Waals surface area contributed by atoms with Gasteiger partial charge in [-0.05, 0) is 27.7 Å². The highest BCUT2D eigenvalue weighted by atomic mass is 32.2. The van der Waals surface area contributed by atoms with E-state index in [1.54, 1.807) is 13.8 Å². The molecule has 0 aliphatic rings. The van der Waals surface area contributed by atoms with Crippen molar-refractivity contribution in [1.29, 1.82) is 0 Å². The van der Waals surface area contributed by atoms with Crippen LogP contribution in [0.5, 0.6) is 0 Å². The van der Waals surface area contributed by atoms with Gasteiger partial charge in [0.15, 0.2) is 9.84 Å². The van der Waals surface area contributed by atoms with Crippen LogP contribution in [0.1, 0.15) is 27.7 Å². The molecule has 0 aromatic heterocycles. The van der Waals surface area contributed by atoms with Gasteiger partial charge in [0.05, 0.1) is 17.6 Å². The topological polar surface area (TPSA) is 55.4 Å². The number of sulfone groups is 1. The Morgan fingerprint density at radius 2 is 1.87 bits per heavy atom.